The molecule has 0 aliphatic carbocycles. The van der Waals surface area contributed by atoms with Gasteiger partial charge < -0.3 is 9.84 Å². The van der Waals surface area contributed by atoms with Crippen LogP contribution < -0.4 is 9.64 Å². The first-order chi connectivity index (χ1) is 15.4. The average Bonchev–Trinajstić information content (AvgIpc) is 3.41. The monoisotopic (exact) mass is 448 g/mol. The molecule has 1 atom stereocenters. The topological polar surface area (TPSA) is 79.7 Å². The molecule has 1 saturated heterocycles. The highest BCUT2D eigenvalue weighted by Crippen LogP contribution is 2.43. The summed E-state index contributed by atoms with van der Waals surface area (Å²) in [7, 11) is 0. The van der Waals surface area contributed by atoms with Gasteiger partial charge in [0.25, 0.3) is 5.78 Å². The minimum absolute atomic E-state index is 0.0478. The van der Waals surface area contributed by atoms with Crippen LogP contribution in [0.25, 0.3) is 5.76 Å². The maximum absolute atomic E-state index is 13.1. The normalized spacial score (nSPS) is 17.9. The quantitative estimate of drug-likeness (QED) is 0.315. The molecule has 0 bridgehead atoms. The molecule has 1 aromatic heterocycles. The number of nitrogens with zero attached hydrogens (tertiary/aromatic N) is 2. The Balaban J connectivity index is 1.85. The first-order valence-corrected chi connectivity index (χ1v) is 11.3. The molecule has 3 aromatic rings. The average molecular weight is 449 g/mol. The third kappa shape index (κ3) is 3.91. The van der Waals surface area contributed by atoms with Crippen molar-refractivity contribution in [2.45, 2.75) is 32.7 Å². The number of anilines is 1. The van der Waals surface area contributed by atoms with Crippen LogP contribution in [0.5, 0.6) is 5.75 Å². The fraction of sp³-hybridized carbons (Fsp3) is 0.240. The lowest BCUT2D eigenvalue weighted by Crippen LogP contribution is -2.29. The molecule has 164 valence electrons. The summed E-state index contributed by atoms with van der Waals surface area (Å²) in [6, 6.07) is 13.8. The standard InChI is InChI=1S/C25H24N2O4S/c1-4-31-19-11-9-18(10-12-19)22(28)20-21(17-7-5-16(6-8-17)15(2)3)27(24(30)23(20)29)25-26-13-14-32-25/h5-15,21,28H,4H2,1-3H3/t21-/m1/s1. The van der Waals surface area contributed by atoms with E-state index in [1.165, 1.54) is 16.2 Å². The smallest absolute Gasteiger partial charge is 0.301 e. The molecule has 2 aromatic carbocycles. The summed E-state index contributed by atoms with van der Waals surface area (Å²) in [5.74, 6) is -0.648. The number of benzene rings is 2. The molecular weight excluding hydrogens is 424 g/mol. The zero-order chi connectivity index (χ0) is 22.8. The molecule has 0 unspecified atom stereocenters. The third-order valence-electron chi connectivity index (χ3n) is 5.43. The lowest BCUT2D eigenvalue weighted by molar-refractivity contribution is -0.132. The minimum atomic E-state index is -0.770. The first kappa shape index (κ1) is 21.8. The number of aliphatic hydroxyl groups excluding tert-OH is 1. The van der Waals surface area contributed by atoms with Crippen molar-refractivity contribution in [2.24, 2.45) is 0 Å². The lowest BCUT2D eigenvalue weighted by Gasteiger charge is -2.23. The van der Waals surface area contributed by atoms with E-state index in [9.17, 15) is 14.7 Å². The molecule has 4 rings (SSSR count). The van der Waals surface area contributed by atoms with E-state index in [1.54, 1.807) is 35.8 Å². The van der Waals surface area contributed by atoms with Crippen molar-refractivity contribution in [3.8, 4) is 5.75 Å². The molecule has 1 aliphatic rings. The van der Waals surface area contributed by atoms with Gasteiger partial charge in [0, 0.05) is 17.1 Å². The summed E-state index contributed by atoms with van der Waals surface area (Å²) in [4.78, 5) is 31.7. The Morgan fingerprint density at radius 3 is 2.38 bits per heavy atom. The number of amides is 1. The number of aliphatic hydroxyl groups is 1. The SMILES string of the molecule is CCOc1ccc(C(O)=C2C(=O)C(=O)N(c3nccs3)[C@@H]2c2ccc(C(C)C)cc2)cc1. The fourth-order valence-electron chi connectivity index (χ4n) is 3.77. The predicted octanol–water partition coefficient (Wildman–Crippen LogP) is 5.29. The Hall–Kier alpha value is -3.45. The summed E-state index contributed by atoms with van der Waals surface area (Å²) >= 11 is 1.27. The Morgan fingerprint density at radius 2 is 1.81 bits per heavy atom. The van der Waals surface area contributed by atoms with Gasteiger partial charge in [-0.1, -0.05) is 38.1 Å². The highest BCUT2D eigenvalue weighted by atomic mass is 32.1. The molecule has 32 heavy (non-hydrogen) atoms. The van der Waals surface area contributed by atoms with Gasteiger partial charge in [-0.05, 0) is 48.2 Å². The second kappa shape index (κ2) is 8.96. The number of hydrogen-bond donors (Lipinski definition) is 1. The number of ketones is 1. The van der Waals surface area contributed by atoms with Gasteiger partial charge in [-0.2, -0.15) is 0 Å². The third-order valence-corrected chi connectivity index (χ3v) is 6.20. The van der Waals surface area contributed by atoms with Crippen LogP contribution in [-0.2, 0) is 9.59 Å². The highest BCUT2D eigenvalue weighted by Gasteiger charge is 2.47. The maximum atomic E-state index is 13.1. The number of hydrogen-bond acceptors (Lipinski definition) is 6. The second-order valence-corrected chi connectivity index (χ2v) is 8.64. The Bertz CT molecular complexity index is 1150. The van der Waals surface area contributed by atoms with Crippen molar-refractivity contribution in [3.63, 3.8) is 0 Å². The van der Waals surface area contributed by atoms with Crippen molar-refractivity contribution in [1.82, 2.24) is 4.98 Å². The molecule has 1 N–H and O–H groups in total. The number of Topliss-reactive ketones (excluding diaryl/α,β-unsaturated/α-hetero) is 1. The van der Waals surface area contributed by atoms with Crippen LogP contribution in [0.15, 0.2) is 65.7 Å². The van der Waals surface area contributed by atoms with Gasteiger partial charge in [0.05, 0.1) is 18.2 Å². The van der Waals surface area contributed by atoms with Crippen LogP contribution in [0.1, 0.15) is 49.4 Å². The summed E-state index contributed by atoms with van der Waals surface area (Å²) < 4.78 is 5.46. The van der Waals surface area contributed by atoms with E-state index < -0.39 is 17.7 Å². The molecule has 2 heterocycles. The van der Waals surface area contributed by atoms with Gasteiger partial charge in [0.2, 0.25) is 0 Å². The van der Waals surface area contributed by atoms with Gasteiger partial charge in [0.1, 0.15) is 11.5 Å². The van der Waals surface area contributed by atoms with Gasteiger partial charge >= 0.3 is 5.91 Å². The van der Waals surface area contributed by atoms with Crippen LogP contribution in [0.3, 0.4) is 0 Å². The van der Waals surface area contributed by atoms with Gasteiger partial charge in [0.15, 0.2) is 5.13 Å². The number of thiazole rings is 1. The molecule has 0 radical (unpaired) electrons. The second-order valence-electron chi connectivity index (χ2n) is 7.76. The fourth-order valence-corrected chi connectivity index (χ4v) is 4.44. The molecule has 1 aliphatic heterocycles. The number of carbonyl (C=O) groups excluding carboxylic acids is 2. The summed E-state index contributed by atoms with van der Waals surface area (Å²) in [6.07, 6.45) is 1.59. The molecule has 1 fully saturated rings. The van der Waals surface area contributed by atoms with Gasteiger partial charge in [-0.15, -0.1) is 11.3 Å². The van der Waals surface area contributed by atoms with Crippen LogP contribution >= 0.6 is 11.3 Å². The van der Waals surface area contributed by atoms with Crippen molar-refractivity contribution in [3.05, 3.63) is 82.4 Å². The van der Waals surface area contributed by atoms with E-state index >= 15 is 0 Å². The molecular formula is C25H24N2O4S. The van der Waals surface area contributed by atoms with Crippen LogP contribution in [0, 0.1) is 0 Å². The minimum Gasteiger partial charge on any atom is -0.507 e. The Labute approximate surface area is 190 Å². The predicted molar refractivity (Wildman–Crippen MR) is 125 cm³/mol. The molecule has 7 heteroatoms. The number of aromatic nitrogens is 1. The van der Waals surface area contributed by atoms with E-state index in [2.05, 4.69) is 18.8 Å². The first-order valence-electron chi connectivity index (χ1n) is 10.5. The zero-order valence-electron chi connectivity index (χ0n) is 18.1. The number of carbonyl (C=O) groups is 2. The van der Waals surface area contributed by atoms with E-state index in [-0.39, 0.29) is 11.3 Å². The summed E-state index contributed by atoms with van der Waals surface area (Å²) in [5.41, 5.74) is 2.36. The number of rotatable bonds is 6. The Morgan fingerprint density at radius 1 is 1.12 bits per heavy atom. The van der Waals surface area contributed by atoms with Gasteiger partial charge in [-0.25, -0.2) is 4.98 Å². The lowest BCUT2D eigenvalue weighted by atomic mass is 9.93. The molecule has 1 amide bonds. The van der Waals surface area contributed by atoms with E-state index in [0.717, 1.165) is 11.1 Å². The van der Waals surface area contributed by atoms with Crippen molar-refractivity contribution >= 4 is 33.9 Å². The molecule has 6 nitrogen and oxygen atoms in total. The zero-order valence-corrected chi connectivity index (χ0v) is 18.9. The maximum Gasteiger partial charge on any atom is 0.301 e. The number of ether oxygens (including phenoxy) is 1. The summed E-state index contributed by atoms with van der Waals surface area (Å²) in [6.45, 7) is 6.61. The van der Waals surface area contributed by atoms with Crippen molar-refractivity contribution < 1.29 is 19.4 Å². The van der Waals surface area contributed by atoms with E-state index in [0.29, 0.717) is 29.0 Å². The largest absolute Gasteiger partial charge is 0.507 e. The van der Waals surface area contributed by atoms with Crippen molar-refractivity contribution in [2.75, 3.05) is 11.5 Å². The van der Waals surface area contributed by atoms with E-state index in [4.69, 9.17) is 4.74 Å². The highest BCUT2D eigenvalue weighted by molar-refractivity contribution is 7.14. The van der Waals surface area contributed by atoms with Crippen LogP contribution in [0.4, 0.5) is 5.13 Å². The van der Waals surface area contributed by atoms with Crippen LogP contribution in [-0.4, -0.2) is 28.4 Å². The molecule has 0 saturated carbocycles. The van der Waals surface area contributed by atoms with Gasteiger partial charge in [-0.3, -0.25) is 14.5 Å². The van der Waals surface area contributed by atoms with E-state index in [1.807, 2.05) is 31.2 Å². The van der Waals surface area contributed by atoms with Crippen LogP contribution in [0.2, 0.25) is 0 Å². The molecule has 0 spiro atoms. The Kier molecular flexibility index (Phi) is 6.10. The summed E-state index contributed by atoms with van der Waals surface area (Å²) in [5, 5.41) is 13.3. The van der Waals surface area contributed by atoms with Crippen molar-refractivity contribution in [1.29, 1.82) is 0 Å².